The Morgan fingerprint density at radius 2 is 1.57 bits per heavy atom. The molecule has 144 valence electrons. The van der Waals surface area contributed by atoms with Crippen molar-refractivity contribution in [3.8, 4) is 0 Å². The Balaban J connectivity index is 1.67. The monoisotopic (exact) mass is 387 g/mol. The Kier molecular flexibility index (Phi) is 5.35. The first-order valence-electron chi connectivity index (χ1n) is 8.42. The second-order valence-electron chi connectivity index (χ2n) is 6.14. The van der Waals surface area contributed by atoms with Crippen LogP contribution in [0.2, 0.25) is 0 Å². The first kappa shape index (κ1) is 19.4. The van der Waals surface area contributed by atoms with Gasteiger partial charge in [-0.05, 0) is 42.6 Å². The molecule has 1 amide bonds. The summed E-state index contributed by atoms with van der Waals surface area (Å²) in [6.45, 7) is 1.39. The molecule has 0 aliphatic heterocycles. The molecule has 0 aromatic heterocycles. The third-order valence-corrected chi connectivity index (χ3v) is 4.15. The van der Waals surface area contributed by atoms with Crippen LogP contribution in [-0.2, 0) is 15.7 Å². The maximum atomic E-state index is 12.6. The minimum Gasteiger partial charge on any atom is -0.449 e. The number of carbonyl (C=O) groups is 2. The molecule has 0 bridgehead atoms. The lowest BCUT2D eigenvalue weighted by atomic mass is 10.1. The van der Waals surface area contributed by atoms with Gasteiger partial charge in [0.1, 0.15) is 0 Å². The Labute approximate surface area is 158 Å². The first-order valence-corrected chi connectivity index (χ1v) is 8.42. The van der Waals surface area contributed by atoms with Crippen LogP contribution in [0.15, 0.2) is 66.7 Å². The van der Waals surface area contributed by atoms with Gasteiger partial charge in [-0.2, -0.15) is 13.2 Å². The molecule has 0 saturated carbocycles. The van der Waals surface area contributed by atoms with E-state index in [4.69, 9.17) is 4.74 Å². The molecule has 1 N–H and O–H groups in total. The topological polar surface area (TPSA) is 55.4 Å². The van der Waals surface area contributed by atoms with Gasteiger partial charge in [0.25, 0.3) is 5.91 Å². The van der Waals surface area contributed by atoms with Gasteiger partial charge in [0.2, 0.25) is 0 Å². The maximum Gasteiger partial charge on any atom is 0.416 e. The molecule has 0 radical (unpaired) electrons. The smallest absolute Gasteiger partial charge is 0.416 e. The van der Waals surface area contributed by atoms with Crippen molar-refractivity contribution in [3.63, 3.8) is 0 Å². The van der Waals surface area contributed by atoms with Gasteiger partial charge in [0.05, 0.1) is 11.1 Å². The van der Waals surface area contributed by atoms with Crippen molar-refractivity contribution in [1.82, 2.24) is 0 Å². The van der Waals surface area contributed by atoms with Crippen LogP contribution in [0.25, 0.3) is 10.8 Å². The van der Waals surface area contributed by atoms with Crippen LogP contribution < -0.4 is 5.32 Å². The van der Waals surface area contributed by atoms with Crippen LogP contribution in [0.5, 0.6) is 0 Å². The van der Waals surface area contributed by atoms with Gasteiger partial charge >= 0.3 is 12.1 Å². The zero-order valence-electron chi connectivity index (χ0n) is 14.8. The van der Waals surface area contributed by atoms with E-state index in [0.717, 1.165) is 35.0 Å². The van der Waals surface area contributed by atoms with Crippen molar-refractivity contribution < 1.29 is 27.5 Å². The molecule has 0 aliphatic carbocycles. The van der Waals surface area contributed by atoms with Crippen LogP contribution in [0.3, 0.4) is 0 Å². The number of benzene rings is 3. The highest BCUT2D eigenvalue weighted by Crippen LogP contribution is 2.29. The average molecular weight is 387 g/mol. The van der Waals surface area contributed by atoms with Gasteiger partial charge < -0.3 is 10.1 Å². The normalized spacial score (nSPS) is 12.4. The fraction of sp³-hybridized carbons (Fsp3) is 0.143. The summed E-state index contributed by atoms with van der Waals surface area (Å²) in [5, 5.41) is 4.48. The summed E-state index contributed by atoms with van der Waals surface area (Å²) >= 11 is 0. The number of anilines is 1. The number of nitrogens with one attached hydrogen (secondary N) is 1. The molecule has 0 fully saturated rings. The number of halogens is 3. The predicted molar refractivity (Wildman–Crippen MR) is 98.9 cm³/mol. The van der Waals surface area contributed by atoms with Crippen LogP contribution in [0, 0.1) is 0 Å². The highest BCUT2D eigenvalue weighted by atomic mass is 19.4. The van der Waals surface area contributed by atoms with E-state index in [1.54, 1.807) is 12.1 Å². The van der Waals surface area contributed by atoms with E-state index in [0.29, 0.717) is 5.69 Å². The quantitative estimate of drug-likeness (QED) is 0.638. The molecular weight excluding hydrogens is 371 g/mol. The molecule has 4 nitrogen and oxygen atoms in total. The molecule has 0 aliphatic rings. The van der Waals surface area contributed by atoms with E-state index in [9.17, 15) is 22.8 Å². The van der Waals surface area contributed by atoms with E-state index in [2.05, 4.69) is 5.32 Å². The minimum absolute atomic E-state index is 0.0715. The molecule has 0 saturated heterocycles. The fourth-order valence-electron chi connectivity index (χ4n) is 2.65. The SMILES string of the molecule is C[C@H](OC(=O)c1ccc(C(F)(F)F)cc1)C(=O)Nc1cccc2ccccc12. The molecule has 3 aromatic carbocycles. The summed E-state index contributed by atoms with van der Waals surface area (Å²) in [5.74, 6) is -1.43. The summed E-state index contributed by atoms with van der Waals surface area (Å²) < 4.78 is 42.8. The van der Waals surface area contributed by atoms with Crippen molar-refractivity contribution in [2.45, 2.75) is 19.2 Å². The Bertz CT molecular complexity index is 1010. The number of esters is 1. The summed E-state index contributed by atoms with van der Waals surface area (Å²) in [6, 6.07) is 16.5. The highest BCUT2D eigenvalue weighted by Gasteiger charge is 2.30. The molecule has 1 atom stereocenters. The number of ether oxygens (including phenoxy) is 1. The molecule has 3 rings (SSSR count). The summed E-state index contributed by atoms with van der Waals surface area (Å²) in [4.78, 5) is 24.5. The van der Waals surface area contributed by atoms with Crippen molar-refractivity contribution >= 4 is 28.3 Å². The second-order valence-corrected chi connectivity index (χ2v) is 6.14. The average Bonchev–Trinajstić information content (AvgIpc) is 2.67. The Morgan fingerprint density at radius 3 is 2.25 bits per heavy atom. The lowest BCUT2D eigenvalue weighted by Gasteiger charge is -2.15. The number of rotatable bonds is 4. The zero-order chi connectivity index (χ0) is 20.3. The highest BCUT2D eigenvalue weighted by molar-refractivity contribution is 6.04. The number of hydrogen-bond acceptors (Lipinski definition) is 3. The summed E-state index contributed by atoms with van der Waals surface area (Å²) in [7, 11) is 0. The van der Waals surface area contributed by atoms with Crippen LogP contribution in [-0.4, -0.2) is 18.0 Å². The van der Waals surface area contributed by atoms with Crippen molar-refractivity contribution in [2.24, 2.45) is 0 Å². The van der Waals surface area contributed by atoms with Gasteiger partial charge in [-0.3, -0.25) is 4.79 Å². The second kappa shape index (κ2) is 7.72. The van der Waals surface area contributed by atoms with E-state index in [1.165, 1.54) is 6.92 Å². The van der Waals surface area contributed by atoms with Gasteiger partial charge in [-0.1, -0.05) is 36.4 Å². The standard InChI is InChI=1S/C21H16F3NO3/c1-13(28-20(27)15-9-11-16(12-10-15)21(22,23)24)19(26)25-18-8-4-6-14-5-2-3-7-17(14)18/h2-13H,1H3,(H,25,26)/t13-/m0/s1. The molecule has 28 heavy (non-hydrogen) atoms. The molecule has 0 spiro atoms. The minimum atomic E-state index is -4.49. The fourth-order valence-corrected chi connectivity index (χ4v) is 2.65. The van der Waals surface area contributed by atoms with Crippen LogP contribution in [0.1, 0.15) is 22.8 Å². The molecule has 0 heterocycles. The van der Waals surface area contributed by atoms with Gasteiger partial charge in [0.15, 0.2) is 6.10 Å². The van der Waals surface area contributed by atoms with Crippen LogP contribution >= 0.6 is 0 Å². The summed E-state index contributed by atoms with van der Waals surface area (Å²) in [5.41, 5.74) is -0.371. The Morgan fingerprint density at radius 1 is 0.929 bits per heavy atom. The molecule has 3 aromatic rings. The first-order chi connectivity index (χ1) is 13.3. The number of amides is 1. The van der Waals surface area contributed by atoms with Crippen molar-refractivity contribution in [1.29, 1.82) is 0 Å². The van der Waals surface area contributed by atoms with Crippen molar-refractivity contribution in [2.75, 3.05) is 5.32 Å². The van der Waals surface area contributed by atoms with Gasteiger partial charge in [-0.25, -0.2) is 4.79 Å². The third-order valence-electron chi connectivity index (χ3n) is 4.15. The number of hydrogen-bond donors (Lipinski definition) is 1. The number of fused-ring (bicyclic) bond motifs is 1. The third kappa shape index (κ3) is 4.31. The predicted octanol–water partition coefficient (Wildman–Crippen LogP) is 5.04. The molecule has 0 unspecified atom stereocenters. The van der Waals surface area contributed by atoms with E-state index in [-0.39, 0.29) is 5.56 Å². The lowest BCUT2D eigenvalue weighted by Crippen LogP contribution is -2.30. The van der Waals surface area contributed by atoms with E-state index >= 15 is 0 Å². The van der Waals surface area contributed by atoms with E-state index < -0.39 is 29.7 Å². The Hall–Kier alpha value is -3.35. The van der Waals surface area contributed by atoms with Crippen LogP contribution in [0.4, 0.5) is 18.9 Å². The van der Waals surface area contributed by atoms with Gasteiger partial charge in [-0.15, -0.1) is 0 Å². The zero-order valence-corrected chi connectivity index (χ0v) is 14.8. The number of alkyl halides is 3. The lowest BCUT2D eigenvalue weighted by molar-refractivity contribution is -0.137. The van der Waals surface area contributed by atoms with Crippen molar-refractivity contribution in [3.05, 3.63) is 77.9 Å². The molecule has 7 heteroatoms. The molecular formula is C21H16F3NO3. The van der Waals surface area contributed by atoms with Gasteiger partial charge in [0, 0.05) is 11.1 Å². The summed E-state index contributed by atoms with van der Waals surface area (Å²) in [6.07, 6.45) is -5.62. The number of carbonyl (C=O) groups excluding carboxylic acids is 2. The van der Waals surface area contributed by atoms with E-state index in [1.807, 2.05) is 30.3 Å². The maximum absolute atomic E-state index is 12.6. The largest absolute Gasteiger partial charge is 0.449 e.